The van der Waals surface area contributed by atoms with Crippen LogP contribution < -0.4 is 5.32 Å². The van der Waals surface area contributed by atoms with Crippen molar-refractivity contribution in [3.63, 3.8) is 0 Å². The number of rotatable bonds is 6. The topological polar surface area (TPSA) is 77.5 Å². The van der Waals surface area contributed by atoms with Crippen molar-refractivity contribution >= 4 is 11.5 Å². The monoisotopic (exact) mass is 315 g/mol. The molecule has 0 amide bonds. The van der Waals surface area contributed by atoms with E-state index in [1.807, 2.05) is 30.5 Å². The van der Waals surface area contributed by atoms with E-state index in [0.717, 1.165) is 40.6 Å². The molecule has 0 aliphatic carbocycles. The fourth-order valence-electron chi connectivity index (χ4n) is 2.64. The van der Waals surface area contributed by atoms with Crippen LogP contribution in [-0.2, 0) is 11.2 Å². The number of methoxy groups -OCH3 is 1. The zero-order chi connectivity index (χ0) is 16.4. The zero-order valence-corrected chi connectivity index (χ0v) is 13.9. The molecule has 0 fully saturated rings. The average Bonchev–Trinajstić information content (AvgIpc) is 3.13. The van der Waals surface area contributed by atoms with Crippen LogP contribution in [0.25, 0.3) is 17.0 Å². The average molecular weight is 315 g/mol. The molecule has 0 radical (unpaired) electrons. The summed E-state index contributed by atoms with van der Waals surface area (Å²) >= 11 is 0. The first kappa shape index (κ1) is 15.5. The number of aryl methyl sites for hydroxylation is 2. The molecule has 0 spiro atoms. The minimum absolute atomic E-state index is 0.628. The number of aromatic nitrogens is 4. The molecular weight excluding hydrogens is 294 g/mol. The molecule has 3 aromatic rings. The lowest BCUT2D eigenvalue weighted by Crippen LogP contribution is -2.14. The van der Waals surface area contributed by atoms with Crippen molar-refractivity contribution in [3.8, 4) is 11.4 Å². The van der Waals surface area contributed by atoms with Gasteiger partial charge in [0.1, 0.15) is 23.0 Å². The number of ether oxygens (including phenoxy) is 1. The second-order valence-electron chi connectivity index (χ2n) is 5.42. The number of anilines is 1. The largest absolute Gasteiger partial charge is 0.383 e. The summed E-state index contributed by atoms with van der Waals surface area (Å²) in [5.41, 5.74) is 4.40. The lowest BCUT2D eigenvalue weighted by atomic mass is 10.1. The molecular formula is C16H21N5O2. The number of nitrogens with one attached hydrogen (secondary N) is 1. The smallest absolute Gasteiger partial charge is 0.158 e. The molecule has 7 nitrogen and oxygen atoms in total. The third-order valence-electron chi connectivity index (χ3n) is 3.75. The third-order valence-corrected chi connectivity index (χ3v) is 3.75. The molecule has 3 rings (SSSR count). The van der Waals surface area contributed by atoms with Gasteiger partial charge < -0.3 is 14.6 Å². The van der Waals surface area contributed by atoms with Crippen LogP contribution in [0, 0.1) is 13.8 Å². The molecule has 23 heavy (non-hydrogen) atoms. The fourth-order valence-corrected chi connectivity index (χ4v) is 2.64. The van der Waals surface area contributed by atoms with E-state index in [0.29, 0.717) is 18.8 Å². The highest BCUT2D eigenvalue weighted by Crippen LogP contribution is 2.25. The van der Waals surface area contributed by atoms with Crippen molar-refractivity contribution in [3.05, 3.63) is 29.2 Å². The van der Waals surface area contributed by atoms with Gasteiger partial charge >= 0.3 is 0 Å². The van der Waals surface area contributed by atoms with Crippen molar-refractivity contribution in [1.29, 1.82) is 0 Å². The van der Waals surface area contributed by atoms with E-state index in [4.69, 9.17) is 9.26 Å². The Morgan fingerprint density at radius 1 is 1.26 bits per heavy atom. The van der Waals surface area contributed by atoms with Gasteiger partial charge in [-0.15, -0.1) is 0 Å². The Bertz CT molecular complexity index is 821. The van der Waals surface area contributed by atoms with Crippen molar-refractivity contribution in [2.24, 2.45) is 0 Å². The van der Waals surface area contributed by atoms with Crippen molar-refractivity contribution in [1.82, 2.24) is 19.8 Å². The molecule has 0 saturated heterocycles. The van der Waals surface area contributed by atoms with Gasteiger partial charge in [-0.05, 0) is 20.3 Å². The van der Waals surface area contributed by atoms with E-state index in [9.17, 15) is 0 Å². The minimum atomic E-state index is 0.628. The third kappa shape index (κ3) is 2.92. The molecule has 0 aliphatic heterocycles. The standard InChI is InChI=1S/C16H21N5O2/c1-5-12-11(3)18-15-9-13(14-8-10(2)23-20-14)19-21(15)16(12)17-6-7-22-4/h8-9,17H,5-7H2,1-4H3. The summed E-state index contributed by atoms with van der Waals surface area (Å²) in [5, 5.41) is 12.1. The summed E-state index contributed by atoms with van der Waals surface area (Å²) in [4.78, 5) is 4.66. The molecule has 0 atom stereocenters. The quantitative estimate of drug-likeness (QED) is 0.705. The second-order valence-corrected chi connectivity index (χ2v) is 5.42. The maximum atomic E-state index is 5.14. The molecule has 0 unspecified atom stereocenters. The highest BCUT2D eigenvalue weighted by atomic mass is 16.5. The Morgan fingerprint density at radius 3 is 2.74 bits per heavy atom. The van der Waals surface area contributed by atoms with Crippen molar-refractivity contribution in [2.45, 2.75) is 27.2 Å². The van der Waals surface area contributed by atoms with Crippen molar-refractivity contribution < 1.29 is 9.26 Å². The SMILES string of the molecule is CCc1c(C)nc2cc(-c3cc(C)on3)nn2c1NCCOC. The van der Waals surface area contributed by atoms with Gasteiger partial charge in [0, 0.05) is 37.0 Å². The van der Waals surface area contributed by atoms with Gasteiger partial charge in [0.05, 0.1) is 6.61 Å². The summed E-state index contributed by atoms with van der Waals surface area (Å²) in [6.07, 6.45) is 0.877. The van der Waals surface area contributed by atoms with Crippen LogP contribution in [0.4, 0.5) is 5.82 Å². The first-order valence-corrected chi connectivity index (χ1v) is 7.69. The van der Waals surface area contributed by atoms with Gasteiger partial charge in [0.15, 0.2) is 5.65 Å². The molecule has 3 heterocycles. The summed E-state index contributed by atoms with van der Waals surface area (Å²) in [6.45, 7) is 7.33. The van der Waals surface area contributed by atoms with Gasteiger partial charge in [-0.3, -0.25) is 0 Å². The fraction of sp³-hybridized carbons (Fsp3) is 0.438. The molecule has 0 aliphatic rings. The predicted octanol–water partition coefficient (Wildman–Crippen LogP) is 2.62. The summed E-state index contributed by atoms with van der Waals surface area (Å²) in [7, 11) is 1.69. The molecule has 1 N–H and O–H groups in total. The summed E-state index contributed by atoms with van der Waals surface area (Å²) in [5.74, 6) is 1.72. The summed E-state index contributed by atoms with van der Waals surface area (Å²) in [6, 6.07) is 3.79. The number of hydrogen-bond acceptors (Lipinski definition) is 6. The highest BCUT2D eigenvalue weighted by Gasteiger charge is 2.16. The number of nitrogens with zero attached hydrogens (tertiary/aromatic N) is 4. The van der Waals surface area contributed by atoms with E-state index >= 15 is 0 Å². The Labute approximate surface area is 134 Å². The van der Waals surface area contributed by atoms with Crippen LogP contribution in [0.2, 0.25) is 0 Å². The molecule has 0 aromatic carbocycles. The van der Waals surface area contributed by atoms with E-state index in [-0.39, 0.29) is 0 Å². The maximum Gasteiger partial charge on any atom is 0.158 e. The van der Waals surface area contributed by atoms with Gasteiger partial charge in [-0.1, -0.05) is 12.1 Å². The van der Waals surface area contributed by atoms with Crippen LogP contribution >= 0.6 is 0 Å². The lowest BCUT2D eigenvalue weighted by Gasteiger charge is -2.14. The summed E-state index contributed by atoms with van der Waals surface area (Å²) < 4.78 is 12.1. The predicted molar refractivity (Wildman–Crippen MR) is 87.7 cm³/mol. The molecule has 3 aromatic heterocycles. The van der Waals surface area contributed by atoms with Gasteiger partial charge in [-0.25, -0.2) is 4.98 Å². The van der Waals surface area contributed by atoms with Crippen LogP contribution in [0.3, 0.4) is 0 Å². The first-order valence-electron chi connectivity index (χ1n) is 7.69. The van der Waals surface area contributed by atoms with Crippen LogP contribution in [0.15, 0.2) is 16.7 Å². The Morgan fingerprint density at radius 2 is 2.09 bits per heavy atom. The number of fused-ring (bicyclic) bond motifs is 1. The zero-order valence-electron chi connectivity index (χ0n) is 13.9. The van der Waals surface area contributed by atoms with E-state index in [1.165, 1.54) is 0 Å². The first-order chi connectivity index (χ1) is 11.1. The minimum Gasteiger partial charge on any atom is -0.383 e. The molecule has 0 saturated carbocycles. The molecule has 122 valence electrons. The van der Waals surface area contributed by atoms with Crippen LogP contribution in [0.5, 0.6) is 0 Å². The number of hydrogen-bond donors (Lipinski definition) is 1. The second kappa shape index (κ2) is 6.37. The molecule has 7 heteroatoms. The lowest BCUT2D eigenvalue weighted by molar-refractivity contribution is 0.210. The highest BCUT2D eigenvalue weighted by molar-refractivity contribution is 5.64. The van der Waals surface area contributed by atoms with E-state index < -0.39 is 0 Å². The van der Waals surface area contributed by atoms with E-state index in [1.54, 1.807) is 7.11 Å². The van der Waals surface area contributed by atoms with E-state index in [2.05, 4.69) is 27.5 Å². The Balaban J connectivity index is 2.10. The van der Waals surface area contributed by atoms with Gasteiger partial charge in [0.2, 0.25) is 0 Å². The van der Waals surface area contributed by atoms with Crippen molar-refractivity contribution in [2.75, 3.05) is 25.6 Å². The van der Waals surface area contributed by atoms with Crippen LogP contribution in [0.1, 0.15) is 23.9 Å². The normalized spacial score (nSPS) is 11.3. The Hall–Kier alpha value is -2.41. The van der Waals surface area contributed by atoms with Gasteiger partial charge in [0.25, 0.3) is 0 Å². The Kier molecular flexibility index (Phi) is 4.29. The van der Waals surface area contributed by atoms with Gasteiger partial charge in [-0.2, -0.15) is 9.61 Å². The maximum absolute atomic E-state index is 5.14. The van der Waals surface area contributed by atoms with Crippen LogP contribution in [-0.4, -0.2) is 40.0 Å². The molecule has 0 bridgehead atoms.